The first-order valence-corrected chi connectivity index (χ1v) is 10.7. The molecule has 0 atom stereocenters. The van der Waals surface area contributed by atoms with E-state index in [1.807, 2.05) is 24.3 Å². The van der Waals surface area contributed by atoms with Gasteiger partial charge in [-0.2, -0.15) is 0 Å². The summed E-state index contributed by atoms with van der Waals surface area (Å²) in [5.74, 6) is -0.115. The summed E-state index contributed by atoms with van der Waals surface area (Å²) in [5.41, 5.74) is 1.94. The number of benzene rings is 1. The summed E-state index contributed by atoms with van der Waals surface area (Å²) < 4.78 is 0. The van der Waals surface area contributed by atoms with E-state index in [-0.39, 0.29) is 23.1 Å². The van der Waals surface area contributed by atoms with E-state index in [9.17, 15) is 19.2 Å². The van der Waals surface area contributed by atoms with Crippen molar-refractivity contribution in [2.75, 3.05) is 0 Å². The summed E-state index contributed by atoms with van der Waals surface area (Å²) >= 11 is 0. The highest BCUT2D eigenvalue weighted by molar-refractivity contribution is 6.37. The van der Waals surface area contributed by atoms with Crippen LogP contribution in [-0.2, 0) is 32.0 Å². The third-order valence-corrected chi connectivity index (χ3v) is 5.42. The second-order valence-corrected chi connectivity index (χ2v) is 7.87. The Morgan fingerprint density at radius 3 is 1.21 bits per heavy atom. The fraction of sp³-hybridized carbons (Fsp3) is 0.583. The standard InChI is InChI=1S/C24H32O4/c25-21-13-5-1-3-7-15-23(27)24(28)16-8-4-2-6-14-22(26)18-20-12-10-9-11-19(20)17-21/h9-12H,1-8,13-18H2. The van der Waals surface area contributed by atoms with E-state index in [1.165, 1.54) is 0 Å². The number of fused-ring (bicyclic) bond motifs is 1. The van der Waals surface area contributed by atoms with Crippen LogP contribution in [0.1, 0.15) is 88.2 Å². The van der Waals surface area contributed by atoms with Crippen molar-refractivity contribution in [3.8, 4) is 0 Å². The van der Waals surface area contributed by atoms with Crippen molar-refractivity contribution in [2.45, 2.75) is 89.9 Å². The Labute approximate surface area is 168 Å². The van der Waals surface area contributed by atoms with Crippen LogP contribution in [0.3, 0.4) is 0 Å². The minimum absolute atomic E-state index is 0.195. The molecule has 0 saturated carbocycles. The molecule has 4 heteroatoms. The first kappa shape index (κ1) is 22.2. The smallest absolute Gasteiger partial charge is 0.198 e. The lowest BCUT2D eigenvalue weighted by atomic mass is 9.95. The second kappa shape index (κ2) is 12.4. The maximum Gasteiger partial charge on any atom is 0.198 e. The quantitative estimate of drug-likeness (QED) is 0.606. The molecule has 0 amide bonds. The van der Waals surface area contributed by atoms with E-state index in [0.717, 1.165) is 62.5 Å². The van der Waals surface area contributed by atoms with Gasteiger partial charge in [-0.25, -0.2) is 0 Å². The lowest BCUT2D eigenvalue weighted by Gasteiger charge is -2.09. The molecule has 1 aromatic carbocycles. The van der Waals surface area contributed by atoms with Gasteiger partial charge >= 0.3 is 0 Å². The number of carbonyl (C=O) groups is 4. The van der Waals surface area contributed by atoms with E-state index < -0.39 is 0 Å². The van der Waals surface area contributed by atoms with Crippen molar-refractivity contribution in [1.29, 1.82) is 0 Å². The van der Waals surface area contributed by atoms with Gasteiger partial charge in [-0.05, 0) is 36.8 Å². The van der Waals surface area contributed by atoms with Crippen LogP contribution in [0.2, 0.25) is 0 Å². The van der Waals surface area contributed by atoms with E-state index in [1.54, 1.807) is 0 Å². The minimum atomic E-state index is -0.253. The zero-order chi connectivity index (χ0) is 20.2. The van der Waals surface area contributed by atoms with Gasteiger partial charge in [0.25, 0.3) is 0 Å². The van der Waals surface area contributed by atoms with E-state index in [2.05, 4.69) is 0 Å². The summed E-state index contributed by atoms with van der Waals surface area (Å²) in [6.45, 7) is 0. The number of hydrogen-bond acceptors (Lipinski definition) is 4. The summed E-state index contributed by atoms with van der Waals surface area (Å²) in [6, 6.07) is 7.75. The van der Waals surface area contributed by atoms with E-state index in [4.69, 9.17) is 0 Å². The second-order valence-electron chi connectivity index (χ2n) is 7.87. The van der Waals surface area contributed by atoms with Crippen molar-refractivity contribution in [2.24, 2.45) is 0 Å². The highest BCUT2D eigenvalue weighted by Gasteiger charge is 2.14. The Hall–Kier alpha value is -2.10. The zero-order valence-electron chi connectivity index (χ0n) is 16.8. The van der Waals surface area contributed by atoms with Gasteiger partial charge in [-0.1, -0.05) is 49.9 Å². The Morgan fingerprint density at radius 2 is 0.821 bits per heavy atom. The fourth-order valence-corrected chi connectivity index (χ4v) is 3.71. The summed E-state index contributed by atoms with van der Waals surface area (Å²) in [7, 11) is 0. The van der Waals surface area contributed by atoms with Crippen LogP contribution in [0.4, 0.5) is 0 Å². The summed E-state index contributed by atoms with van der Waals surface area (Å²) in [5, 5.41) is 0. The minimum Gasteiger partial charge on any atom is -0.299 e. The normalized spacial score (nSPS) is 19.9. The van der Waals surface area contributed by atoms with Gasteiger partial charge in [0.1, 0.15) is 11.6 Å². The molecule has 4 nitrogen and oxygen atoms in total. The Bertz CT molecular complexity index is 631. The molecule has 0 fully saturated rings. The average molecular weight is 385 g/mol. The van der Waals surface area contributed by atoms with E-state index >= 15 is 0 Å². The molecule has 1 aromatic rings. The molecule has 152 valence electrons. The number of rotatable bonds is 0. The van der Waals surface area contributed by atoms with Crippen molar-refractivity contribution < 1.29 is 19.2 Å². The largest absolute Gasteiger partial charge is 0.299 e. The van der Waals surface area contributed by atoms with Crippen LogP contribution < -0.4 is 0 Å². The Morgan fingerprint density at radius 1 is 0.464 bits per heavy atom. The molecule has 0 aliphatic heterocycles. The lowest BCUT2D eigenvalue weighted by molar-refractivity contribution is -0.136. The topological polar surface area (TPSA) is 68.3 Å². The highest BCUT2D eigenvalue weighted by Crippen LogP contribution is 2.16. The summed E-state index contributed by atoms with van der Waals surface area (Å²) in [6.07, 6.45) is 9.08. The maximum absolute atomic E-state index is 12.3. The number of ketones is 4. The molecular formula is C24H32O4. The first-order chi connectivity index (χ1) is 13.6. The SMILES string of the molecule is O=C1CCCCCCC(=O)C(=O)CCCCCCC(=O)Cc2ccccc2C1. The van der Waals surface area contributed by atoms with Gasteiger partial charge in [-0.15, -0.1) is 0 Å². The molecule has 0 saturated heterocycles. The van der Waals surface area contributed by atoms with Crippen LogP contribution in [-0.4, -0.2) is 23.1 Å². The molecule has 0 bridgehead atoms. The van der Waals surface area contributed by atoms with Gasteiger partial charge in [0.2, 0.25) is 0 Å². The molecule has 0 radical (unpaired) electrons. The molecule has 1 aliphatic rings. The zero-order valence-corrected chi connectivity index (χ0v) is 16.8. The van der Waals surface area contributed by atoms with Crippen molar-refractivity contribution in [1.82, 2.24) is 0 Å². The molecule has 0 heterocycles. The van der Waals surface area contributed by atoms with Crippen molar-refractivity contribution in [3.63, 3.8) is 0 Å². The van der Waals surface area contributed by atoms with Crippen LogP contribution >= 0.6 is 0 Å². The van der Waals surface area contributed by atoms with Crippen LogP contribution in [0.15, 0.2) is 24.3 Å². The van der Waals surface area contributed by atoms with Gasteiger partial charge in [-0.3, -0.25) is 19.2 Å². The van der Waals surface area contributed by atoms with Crippen LogP contribution in [0.5, 0.6) is 0 Å². The molecule has 1 aliphatic carbocycles. The van der Waals surface area contributed by atoms with E-state index in [0.29, 0.717) is 38.5 Å². The van der Waals surface area contributed by atoms with Gasteiger partial charge in [0, 0.05) is 38.5 Å². The van der Waals surface area contributed by atoms with Crippen molar-refractivity contribution in [3.05, 3.63) is 35.4 Å². The third-order valence-electron chi connectivity index (χ3n) is 5.42. The summed E-state index contributed by atoms with van der Waals surface area (Å²) in [4.78, 5) is 48.3. The number of carbonyl (C=O) groups excluding carboxylic acids is 4. The van der Waals surface area contributed by atoms with Gasteiger partial charge in [0.15, 0.2) is 11.6 Å². The molecule has 0 N–H and O–H groups in total. The predicted molar refractivity (Wildman–Crippen MR) is 109 cm³/mol. The highest BCUT2D eigenvalue weighted by atomic mass is 16.2. The third kappa shape index (κ3) is 8.28. The first-order valence-electron chi connectivity index (χ1n) is 10.7. The Kier molecular flexibility index (Phi) is 9.81. The number of hydrogen-bond donors (Lipinski definition) is 0. The average Bonchev–Trinajstić information content (AvgIpc) is 2.67. The maximum atomic E-state index is 12.3. The molecule has 0 aromatic heterocycles. The molecule has 0 unspecified atom stereocenters. The predicted octanol–water partition coefficient (Wildman–Crippen LogP) is 4.74. The number of Topliss-reactive ketones (excluding diaryl/α,β-unsaturated/α-hetero) is 4. The molecule has 28 heavy (non-hydrogen) atoms. The van der Waals surface area contributed by atoms with Gasteiger partial charge < -0.3 is 0 Å². The van der Waals surface area contributed by atoms with Crippen molar-refractivity contribution >= 4 is 23.1 Å². The van der Waals surface area contributed by atoms with Crippen LogP contribution in [0.25, 0.3) is 0 Å². The van der Waals surface area contributed by atoms with Gasteiger partial charge in [0.05, 0.1) is 0 Å². The molecular weight excluding hydrogens is 352 g/mol. The Balaban J connectivity index is 1.95. The molecule has 2 rings (SSSR count). The van der Waals surface area contributed by atoms with Crippen LogP contribution in [0, 0.1) is 0 Å². The molecule has 0 spiro atoms. The lowest BCUT2D eigenvalue weighted by Crippen LogP contribution is -2.13. The monoisotopic (exact) mass is 384 g/mol. The fourth-order valence-electron chi connectivity index (χ4n) is 3.71.